The summed E-state index contributed by atoms with van der Waals surface area (Å²) in [5, 5.41) is 4.62. The Morgan fingerprint density at radius 2 is 2.00 bits per heavy atom. The van der Waals surface area contributed by atoms with Gasteiger partial charge in [0.2, 0.25) is 11.8 Å². The van der Waals surface area contributed by atoms with Crippen LogP contribution in [0.1, 0.15) is 63.0 Å². The Kier molecular flexibility index (Phi) is 3.64. The van der Waals surface area contributed by atoms with Gasteiger partial charge in [-0.3, -0.25) is 9.59 Å². The first-order valence-electron chi connectivity index (χ1n) is 10.2. The molecule has 0 radical (unpaired) electrons. The zero-order valence-corrected chi connectivity index (χ0v) is 17.0. The van der Waals surface area contributed by atoms with Gasteiger partial charge in [-0.05, 0) is 40.5 Å². The Balaban J connectivity index is 1.46. The minimum atomic E-state index is -0.243. The van der Waals surface area contributed by atoms with Crippen molar-refractivity contribution in [3.05, 3.63) is 29.2 Å². The van der Waals surface area contributed by atoms with E-state index < -0.39 is 0 Å². The van der Waals surface area contributed by atoms with E-state index in [1.165, 1.54) is 5.69 Å². The molecule has 0 unspecified atom stereocenters. The van der Waals surface area contributed by atoms with Crippen LogP contribution in [0.15, 0.2) is 12.3 Å². The number of hydrogen-bond donors (Lipinski definition) is 0. The number of aryl methyl sites for hydroxylation is 1. The lowest BCUT2D eigenvalue weighted by atomic mass is 9.96. The summed E-state index contributed by atoms with van der Waals surface area (Å²) in [6.45, 7) is 8.59. The first-order valence-corrected chi connectivity index (χ1v) is 10.2. The molecular formula is C21H27N5O2. The molecule has 2 amide bonds. The Labute approximate surface area is 164 Å². The summed E-state index contributed by atoms with van der Waals surface area (Å²) in [5.74, 6) is -0.0130. The smallest absolute Gasteiger partial charge is 0.228 e. The van der Waals surface area contributed by atoms with Crippen LogP contribution < -0.4 is 0 Å². The van der Waals surface area contributed by atoms with E-state index in [1.54, 1.807) is 0 Å². The van der Waals surface area contributed by atoms with Crippen molar-refractivity contribution in [3.8, 4) is 0 Å². The van der Waals surface area contributed by atoms with E-state index >= 15 is 0 Å². The van der Waals surface area contributed by atoms with Crippen LogP contribution in [0, 0.1) is 12.8 Å². The number of rotatable bonds is 1. The summed E-state index contributed by atoms with van der Waals surface area (Å²) in [7, 11) is 0. The highest BCUT2D eigenvalue weighted by molar-refractivity contribution is 5.90. The molecule has 0 saturated carbocycles. The second-order valence-corrected chi connectivity index (χ2v) is 9.49. The Hall–Kier alpha value is -2.44. The highest BCUT2D eigenvalue weighted by Crippen LogP contribution is 2.45. The van der Waals surface area contributed by atoms with Gasteiger partial charge < -0.3 is 9.80 Å². The molecule has 2 aromatic heterocycles. The second-order valence-electron chi connectivity index (χ2n) is 9.49. The van der Waals surface area contributed by atoms with Crippen molar-refractivity contribution in [1.82, 2.24) is 24.4 Å². The van der Waals surface area contributed by atoms with Crippen LogP contribution in [0.3, 0.4) is 0 Å². The number of carbonyl (C=O) groups is 2. The molecule has 0 aromatic carbocycles. The fraction of sp³-hybridized carbons (Fsp3) is 0.619. The van der Waals surface area contributed by atoms with E-state index in [1.807, 2.05) is 49.4 Å². The third-order valence-corrected chi connectivity index (χ3v) is 6.57. The summed E-state index contributed by atoms with van der Waals surface area (Å²) >= 11 is 0. The summed E-state index contributed by atoms with van der Waals surface area (Å²) in [5.41, 5.74) is 3.90. The van der Waals surface area contributed by atoms with Crippen LogP contribution in [0.4, 0.5) is 0 Å². The van der Waals surface area contributed by atoms with Gasteiger partial charge in [-0.15, -0.1) is 0 Å². The summed E-state index contributed by atoms with van der Waals surface area (Å²) in [6, 6.07) is 2.24. The monoisotopic (exact) mass is 381 g/mol. The van der Waals surface area contributed by atoms with Gasteiger partial charge in [0.15, 0.2) is 5.65 Å². The molecule has 0 spiro atoms. The number of likely N-dealkylation sites (tertiary alicyclic amines) is 1. The molecule has 0 N–H and O–H groups in total. The van der Waals surface area contributed by atoms with Gasteiger partial charge in [-0.25, -0.2) is 9.50 Å². The summed E-state index contributed by atoms with van der Waals surface area (Å²) in [6.07, 6.45) is 5.02. The maximum absolute atomic E-state index is 13.5. The summed E-state index contributed by atoms with van der Waals surface area (Å²) in [4.78, 5) is 34.4. The maximum Gasteiger partial charge on any atom is 0.228 e. The molecule has 2 aromatic rings. The van der Waals surface area contributed by atoms with Crippen molar-refractivity contribution in [2.24, 2.45) is 5.92 Å². The van der Waals surface area contributed by atoms with Gasteiger partial charge in [-0.2, -0.15) is 5.10 Å². The van der Waals surface area contributed by atoms with Gasteiger partial charge >= 0.3 is 0 Å². The first kappa shape index (κ1) is 17.6. The average molecular weight is 381 g/mol. The van der Waals surface area contributed by atoms with Crippen LogP contribution in [0.25, 0.3) is 5.65 Å². The molecule has 2 bridgehead atoms. The largest absolute Gasteiger partial charge is 0.337 e. The quantitative estimate of drug-likeness (QED) is 0.760. The van der Waals surface area contributed by atoms with Crippen molar-refractivity contribution < 1.29 is 9.59 Å². The first-order chi connectivity index (χ1) is 13.2. The zero-order valence-electron chi connectivity index (χ0n) is 17.0. The minimum absolute atomic E-state index is 0.0569. The van der Waals surface area contributed by atoms with Crippen molar-refractivity contribution in [2.45, 2.75) is 71.0 Å². The lowest BCUT2D eigenvalue weighted by Gasteiger charge is -2.38. The van der Waals surface area contributed by atoms with Crippen LogP contribution in [-0.2, 0) is 16.0 Å². The van der Waals surface area contributed by atoms with E-state index in [9.17, 15) is 9.59 Å². The van der Waals surface area contributed by atoms with E-state index in [0.717, 1.165) is 36.2 Å². The topological polar surface area (TPSA) is 70.8 Å². The second kappa shape index (κ2) is 5.78. The van der Waals surface area contributed by atoms with Crippen LogP contribution >= 0.6 is 0 Å². The predicted octanol–water partition coefficient (Wildman–Crippen LogP) is 2.27. The lowest BCUT2D eigenvalue weighted by molar-refractivity contribution is -0.139. The molecule has 5 rings (SSSR count). The number of hydrogen-bond acceptors (Lipinski definition) is 4. The van der Waals surface area contributed by atoms with Gasteiger partial charge in [0.25, 0.3) is 0 Å². The van der Waals surface area contributed by atoms with Crippen molar-refractivity contribution >= 4 is 17.5 Å². The van der Waals surface area contributed by atoms with Crippen LogP contribution in [-0.4, -0.2) is 54.3 Å². The summed E-state index contributed by atoms with van der Waals surface area (Å²) < 4.78 is 1.96. The maximum atomic E-state index is 13.5. The SMILES string of the molecule is Cc1cc2ncc3c(n2n1)C[C@H]1CC[C@H]3N1C(=O)[C@H]1CC(=O)N(C(C)(C)C)C1. The molecule has 28 heavy (non-hydrogen) atoms. The number of amides is 2. The molecular weight excluding hydrogens is 354 g/mol. The van der Waals surface area contributed by atoms with Crippen molar-refractivity contribution in [1.29, 1.82) is 0 Å². The predicted molar refractivity (Wildman–Crippen MR) is 104 cm³/mol. The van der Waals surface area contributed by atoms with E-state index in [2.05, 4.69) is 15.0 Å². The third kappa shape index (κ3) is 2.48. The van der Waals surface area contributed by atoms with Gasteiger partial charge in [-0.1, -0.05) is 0 Å². The van der Waals surface area contributed by atoms with Crippen LogP contribution in [0.5, 0.6) is 0 Å². The lowest BCUT2D eigenvalue weighted by Crippen LogP contribution is -2.47. The van der Waals surface area contributed by atoms with E-state index in [4.69, 9.17) is 0 Å². The molecule has 7 nitrogen and oxygen atoms in total. The highest BCUT2D eigenvalue weighted by Gasteiger charge is 2.48. The van der Waals surface area contributed by atoms with Crippen molar-refractivity contribution in [2.75, 3.05) is 6.54 Å². The molecule has 5 heterocycles. The Morgan fingerprint density at radius 3 is 2.71 bits per heavy atom. The number of aromatic nitrogens is 3. The van der Waals surface area contributed by atoms with E-state index in [0.29, 0.717) is 13.0 Å². The number of nitrogens with zero attached hydrogens (tertiary/aromatic N) is 5. The van der Waals surface area contributed by atoms with Gasteiger partial charge in [0, 0.05) is 48.8 Å². The molecule has 2 saturated heterocycles. The minimum Gasteiger partial charge on any atom is -0.337 e. The number of fused-ring (bicyclic) bond motifs is 6. The average Bonchev–Trinajstić information content (AvgIpc) is 3.28. The molecule has 3 atom stereocenters. The van der Waals surface area contributed by atoms with Gasteiger partial charge in [0.1, 0.15) is 0 Å². The molecule has 148 valence electrons. The standard InChI is InChI=1S/C21H27N5O2/c1-12-7-18-22-10-15-16-6-5-14(9-17(15)26(18)23-12)25(16)20(28)13-8-19(27)24(11-13)21(2,3)4/h7,10,13-14,16H,5-6,8-9,11H2,1-4H3/t13-,14+,16+/m0/s1. The number of carbonyl (C=O) groups excluding carboxylic acids is 2. The van der Waals surface area contributed by atoms with E-state index in [-0.39, 0.29) is 35.4 Å². The van der Waals surface area contributed by atoms with Crippen molar-refractivity contribution in [3.63, 3.8) is 0 Å². The molecule has 7 heteroatoms. The molecule has 3 aliphatic heterocycles. The third-order valence-electron chi connectivity index (χ3n) is 6.57. The molecule has 0 aliphatic carbocycles. The Morgan fingerprint density at radius 1 is 1.21 bits per heavy atom. The van der Waals surface area contributed by atoms with Gasteiger partial charge in [0.05, 0.1) is 23.3 Å². The fourth-order valence-electron chi connectivity index (χ4n) is 5.27. The molecule has 3 aliphatic rings. The van der Waals surface area contributed by atoms with Crippen LogP contribution in [0.2, 0.25) is 0 Å². The molecule has 2 fully saturated rings. The fourth-order valence-corrected chi connectivity index (χ4v) is 5.27. The highest BCUT2D eigenvalue weighted by atomic mass is 16.2. The zero-order chi connectivity index (χ0) is 19.8. The Bertz CT molecular complexity index is 989. The normalized spacial score (nSPS) is 27.0.